The summed E-state index contributed by atoms with van der Waals surface area (Å²) in [6.07, 6.45) is 1.09. The average Bonchev–Trinajstić information content (AvgIpc) is 2.88. The van der Waals surface area contributed by atoms with Gasteiger partial charge in [-0.25, -0.2) is 0 Å². The number of ether oxygens (including phenoxy) is 2. The maximum absolute atomic E-state index is 11.3. The summed E-state index contributed by atoms with van der Waals surface area (Å²) in [5, 5.41) is 13.5. The van der Waals surface area contributed by atoms with Crippen LogP contribution in [-0.4, -0.2) is 36.9 Å². The normalized spacial score (nSPS) is 13.5. The fourth-order valence-electron chi connectivity index (χ4n) is 4.22. The Morgan fingerprint density at radius 3 is 1.91 bits per heavy atom. The predicted molar refractivity (Wildman–Crippen MR) is 141 cm³/mol. The summed E-state index contributed by atoms with van der Waals surface area (Å²) in [5.74, 6) is 0.890. The number of likely N-dealkylation sites (N-methyl/N-ethyl adjacent to an activating group) is 1. The summed E-state index contributed by atoms with van der Waals surface area (Å²) in [4.78, 5) is 11.3. The summed E-state index contributed by atoms with van der Waals surface area (Å²) >= 11 is 0. The third-order valence-corrected chi connectivity index (χ3v) is 6.02. The molecule has 0 saturated carbocycles. The molecule has 5 heteroatoms. The molecule has 2 N–H and O–H groups in total. The Hall–Kier alpha value is -3.41. The molecule has 3 rings (SSSR count). The van der Waals surface area contributed by atoms with Crippen molar-refractivity contribution in [2.45, 2.75) is 45.8 Å². The standard InChI is InChI=1S/C30H35NO4/c1-5-27(22-10-8-7-9-11-22)30(24-14-18-26(19-15-24)35-21(3)32)23-12-16-25(17-13-23)34-20-29(33)28(6-2)31-4/h7-19,28-29,31,33H,5-6,20H2,1-4H3. The van der Waals surface area contributed by atoms with E-state index in [1.54, 1.807) is 0 Å². The second-order valence-corrected chi connectivity index (χ2v) is 8.40. The van der Waals surface area contributed by atoms with Crippen LogP contribution >= 0.6 is 0 Å². The molecule has 0 aliphatic rings. The molecule has 0 spiro atoms. The summed E-state index contributed by atoms with van der Waals surface area (Å²) < 4.78 is 11.1. The minimum absolute atomic E-state index is 0.00301. The van der Waals surface area contributed by atoms with Crippen molar-refractivity contribution in [1.82, 2.24) is 5.32 Å². The van der Waals surface area contributed by atoms with E-state index in [0.717, 1.165) is 35.1 Å². The van der Waals surface area contributed by atoms with E-state index in [2.05, 4.69) is 24.4 Å². The zero-order chi connectivity index (χ0) is 25.2. The van der Waals surface area contributed by atoms with Gasteiger partial charge in [-0.1, -0.05) is 68.4 Å². The monoisotopic (exact) mass is 473 g/mol. The van der Waals surface area contributed by atoms with E-state index in [1.165, 1.54) is 12.5 Å². The van der Waals surface area contributed by atoms with Crippen molar-refractivity contribution in [3.8, 4) is 11.5 Å². The first-order valence-electron chi connectivity index (χ1n) is 12.1. The number of hydrogen-bond acceptors (Lipinski definition) is 5. The van der Waals surface area contributed by atoms with Gasteiger partial charge in [-0.05, 0) is 72.0 Å². The molecule has 3 aromatic rings. The molecule has 0 amide bonds. The Labute approximate surface area is 208 Å². The molecule has 0 aromatic heterocycles. The molecule has 2 unspecified atom stereocenters. The molecule has 0 saturated heterocycles. The Balaban J connectivity index is 1.95. The van der Waals surface area contributed by atoms with E-state index in [9.17, 15) is 9.90 Å². The zero-order valence-corrected chi connectivity index (χ0v) is 21.0. The van der Waals surface area contributed by atoms with E-state index in [-0.39, 0.29) is 18.6 Å². The van der Waals surface area contributed by atoms with Gasteiger partial charge >= 0.3 is 5.97 Å². The first-order chi connectivity index (χ1) is 17.0. The van der Waals surface area contributed by atoms with Crippen LogP contribution in [0, 0.1) is 0 Å². The number of carbonyl (C=O) groups excluding carboxylic acids is 1. The summed E-state index contributed by atoms with van der Waals surface area (Å²) in [6.45, 7) is 5.81. The van der Waals surface area contributed by atoms with Crippen molar-refractivity contribution in [2.75, 3.05) is 13.7 Å². The second kappa shape index (κ2) is 12.9. The molecule has 0 fully saturated rings. The highest BCUT2D eigenvalue weighted by molar-refractivity contribution is 5.98. The Morgan fingerprint density at radius 1 is 0.857 bits per heavy atom. The number of nitrogens with one attached hydrogen (secondary N) is 1. The van der Waals surface area contributed by atoms with Crippen LogP contribution in [0.25, 0.3) is 11.1 Å². The first kappa shape index (κ1) is 26.2. The van der Waals surface area contributed by atoms with Crippen LogP contribution in [0.2, 0.25) is 0 Å². The van der Waals surface area contributed by atoms with E-state index >= 15 is 0 Å². The van der Waals surface area contributed by atoms with Crippen molar-refractivity contribution < 1.29 is 19.4 Å². The van der Waals surface area contributed by atoms with E-state index in [0.29, 0.717) is 11.5 Å². The van der Waals surface area contributed by atoms with Crippen LogP contribution < -0.4 is 14.8 Å². The quantitative estimate of drug-likeness (QED) is 0.212. The molecular formula is C30H35NO4. The summed E-state index contributed by atoms with van der Waals surface area (Å²) in [7, 11) is 1.84. The minimum atomic E-state index is -0.583. The van der Waals surface area contributed by atoms with Crippen molar-refractivity contribution in [3.05, 3.63) is 95.6 Å². The molecule has 5 nitrogen and oxygen atoms in total. The highest BCUT2D eigenvalue weighted by atomic mass is 16.5. The fourth-order valence-corrected chi connectivity index (χ4v) is 4.22. The third-order valence-electron chi connectivity index (χ3n) is 6.02. The van der Waals surface area contributed by atoms with Gasteiger partial charge in [0.05, 0.1) is 0 Å². The SMILES string of the molecule is CCC(=C(c1ccc(OCC(O)C(CC)NC)cc1)c1ccc(OC(C)=O)cc1)c1ccccc1. The smallest absolute Gasteiger partial charge is 0.308 e. The van der Waals surface area contributed by atoms with Gasteiger partial charge in [0.2, 0.25) is 0 Å². The zero-order valence-electron chi connectivity index (χ0n) is 21.0. The number of rotatable bonds is 11. The second-order valence-electron chi connectivity index (χ2n) is 8.40. The summed E-state index contributed by atoms with van der Waals surface area (Å²) in [5.41, 5.74) is 5.58. The van der Waals surface area contributed by atoms with Crippen molar-refractivity contribution >= 4 is 17.1 Å². The largest absolute Gasteiger partial charge is 0.491 e. The van der Waals surface area contributed by atoms with Gasteiger partial charge in [0.15, 0.2) is 0 Å². The lowest BCUT2D eigenvalue weighted by atomic mass is 9.88. The van der Waals surface area contributed by atoms with Crippen LogP contribution in [0.3, 0.4) is 0 Å². The van der Waals surface area contributed by atoms with Crippen LogP contribution in [0.5, 0.6) is 11.5 Å². The summed E-state index contributed by atoms with van der Waals surface area (Å²) in [6, 6.07) is 25.9. The maximum Gasteiger partial charge on any atom is 0.308 e. The number of allylic oxidation sites excluding steroid dienone is 1. The molecule has 0 heterocycles. The fraction of sp³-hybridized carbons (Fsp3) is 0.300. The van der Waals surface area contributed by atoms with E-state index < -0.39 is 6.10 Å². The molecule has 3 aromatic carbocycles. The number of esters is 1. The van der Waals surface area contributed by atoms with Gasteiger partial charge in [-0.3, -0.25) is 4.79 Å². The Kier molecular flexibility index (Phi) is 9.65. The van der Waals surface area contributed by atoms with Gasteiger partial charge < -0.3 is 19.9 Å². The van der Waals surface area contributed by atoms with Crippen LogP contribution in [0.4, 0.5) is 0 Å². The Morgan fingerprint density at radius 2 is 1.43 bits per heavy atom. The molecule has 35 heavy (non-hydrogen) atoms. The number of aliphatic hydroxyl groups excluding tert-OH is 1. The average molecular weight is 474 g/mol. The lowest BCUT2D eigenvalue weighted by Crippen LogP contribution is -2.40. The van der Waals surface area contributed by atoms with Crippen molar-refractivity contribution in [1.29, 1.82) is 0 Å². The molecule has 2 atom stereocenters. The number of hydrogen-bond donors (Lipinski definition) is 2. The van der Waals surface area contributed by atoms with Crippen LogP contribution in [-0.2, 0) is 4.79 Å². The lowest BCUT2D eigenvalue weighted by molar-refractivity contribution is -0.131. The topological polar surface area (TPSA) is 67.8 Å². The van der Waals surface area contributed by atoms with Gasteiger partial charge in [-0.15, -0.1) is 0 Å². The molecule has 0 aliphatic heterocycles. The van der Waals surface area contributed by atoms with Gasteiger partial charge in [-0.2, -0.15) is 0 Å². The lowest BCUT2D eigenvalue weighted by Gasteiger charge is -2.21. The molecular weight excluding hydrogens is 438 g/mol. The third kappa shape index (κ3) is 7.04. The maximum atomic E-state index is 11.3. The van der Waals surface area contributed by atoms with Crippen LogP contribution in [0.15, 0.2) is 78.9 Å². The van der Waals surface area contributed by atoms with Crippen LogP contribution in [0.1, 0.15) is 50.3 Å². The number of carbonyl (C=O) groups is 1. The molecule has 0 aliphatic carbocycles. The van der Waals surface area contributed by atoms with Gasteiger partial charge in [0.1, 0.15) is 24.2 Å². The Bertz CT molecular complexity index is 1100. The van der Waals surface area contributed by atoms with E-state index in [4.69, 9.17) is 9.47 Å². The first-order valence-corrected chi connectivity index (χ1v) is 12.1. The van der Waals surface area contributed by atoms with Gasteiger partial charge in [0, 0.05) is 13.0 Å². The molecule has 0 bridgehead atoms. The molecule has 0 radical (unpaired) electrons. The van der Waals surface area contributed by atoms with Crippen molar-refractivity contribution in [2.24, 2.45) is 0 Å². The highest BCUT2D eigenvalue weighted by Crippen LogP contribution is 2.35. The van der Waals surface area contributed by atoms with Gasteiger partial charge in [0.25, 0.3) is 0 Å². The minimum Gasteiger partial charge on any atom is -0.491 e. The number of benzene rings is 3. The van der Waals surface area contributed by atoms with Crippen molar-refractivity contribution in [3.63, 3.8) is 0 Å². The van der Waals surface area contributed by atoms with E-state index in [1.807, 2.05) is 80.7 Å². The number of aliphatic hydroxyl groups is 1. The predicted octanol–water partition coefficient (Wildman–Crippen LogP) is 5.72. The highest BCUT2D eigenvalue weighted by Gasteiger charge is 2.17. The molecule has 184 valence electrons.